The van der Waals surface area contributed by atoms with Crippen LogP contribution in [0.15, 0.2) is 54.9 Å². The van der Waals surface area contributed by atoms with Gasteiger partial charge < -0.3 is 15.7 Å². The minimum Gasteiger partial charge on any atom is -0.394 e. The quantitative estimate of drug-likeness (QED) is 0.352. The highest BCUT2D eigenvalue weighted by atomic mass is 16.3. The summed E-state index contributed by atoms with van der Waals surface area (Å²) in [6.45, 7) is 8.93. The predicted molar refractivity (Wildman–Crippen MR) is 131 cm³/mol. The number of nitrogens with zero attached hydrogens (tertiary/aromatic N) is 5. The Bertz CT molecular complexity index is 1190. The van der Waals surface area contributed by atoms with Crippen LogP contribution < -0.4 is 10.6 Å². The van der Waals surface area contributed by atoms with Crippen LogP contribution in [0.25, 0.3) is 16.9 Å². The van der Waals surface area contributed by atoms with E-state index < -0.39 is 0 Å². The van der Waals surface area contributed by atoms with Crippen LogP contribution in [0.3, 0.4) is 0 Å². The molecule has 4 aromatic rings. The number of fused-ring (bicyclic) bond motifs is 1. The third kappa shape index (κ3) is 5.12. The summed E-state index contributed by atoms with van der Waals surface area (Å²) in [5.74, 6) is 1.59. The van der Waals surface area contributed by atoms with Crippen molar-refractivity contribution in [3.8, 4) is 11.3 Å². The molecule has 0 radical (unpaired) electrons. The summed E-state index contributed by atoms with van der Waals surface area (Å²) >= 11 is 0. The first kappa shape index (κ1) is 22.7. The van der Waals surface area contributed by atoms with Gasteiger partial charge in [0.05, 0.1) is 24.5 Å². The number of anilines is 2. The first-order chi connectivity index (χ1) is 16.0. The van der Waals surface area contributed by atoms with E-state index in [1.54, 1.807) is 10.7 Å². The predicted octanol–water partition coefficient (Wildman–Crippen LogP) is 4.35. The number of pyridine rings is 1. The minimum atomic E-state index is -0.134. The summed E-state index contributed by atoms with van der Waals surface area (Å²) in [6, 6.07) is 14.1. The molecule has 0 bridgehead atoms. The molecule has 0 aliphatic carbocycles. The van der Waals surface area contributed by atoms with Crippen LogP contribution in [-0.4, -0.2) is 42.3 Å². The van der Waals surface area contributed by atoms with Crippen molar-refractivity contribution >= 4 is 17.5 Å². The van der Waals surface area contributed by atoms with E-state index in [4.69, 9.17) is 4.98 Å². The van der Waals surface area contributed by atoms with Gasteiger partial charge in [-0.15, -0.1) is 0 Å². The third-order valence-electron chi connectivity index (χ3n) is 5.70. The summed E-state index contributed by atoms with van der Waals surface area (Å²) in [5.41, 5.74) is 4.95. The molecular formula is C25H31N7O. The highest BCUT2D eigenvalue weighted by molar-refractivity contribution is 5.59. The normalized spacial score (nSPS) is 12.5. The molecular weight excluding hydrogens is 414 g/mol. The number of benzene rings is 1. The Labute approximate surface area is 194 Å². The first-order valence-electron chi connectivity index (χ1n) is 11.3. The fraction of sp³-hybridized carbons (Fsp3) is 0.360. The van der Waals surface area contributed by atoms with Crippen LogP contribution in [0.5, 0.6) is 0 Å². The maximum Gasteiger partial charge on any atom is 0.229 e. The monoisotopic (exact) mass is 445 g/mol. The summed E-state index contributed by atoms with van der Waals surface area (Å²) in [7, 11) is 0. The van der Waals surface area contributed by atoms with E-state index in [0.717, 1.165) is 28.0 Å². The SMILES string of the molecule is CC(C)c1cnn2c(NCc3ccc(-c4ccccn4)cc3)nc(N[C@@H](CO)C(C)C)nc12. The van der Waals surface area contributed by atoms with E-state index in [-0.39, 0.29) is 24.5 Å². The molecule has 172 valence electrons. The lowest BCUT2D eigenvalue weighted by atomic mass is 10.1. The molecule has 8 nitrogen and oxygen atoms in total. The Kier molecular flexibility index (Phi) is 6.84. The molecule has 4 rings (SSSR count). The Morgan fingerprint density at radius 1 is 1.00 bits per heavy atom. The second-order valence-electron chi connectivity index (χ2n) is 8.80. The highest BCUT2D eigenvalue weighted by Crippen LogP contribution is 2.23. The molecule has 0 aliphatic rings. The van der Waals surface area contributed by atoms with Crippen LogP contribution in [-0.2, 0) is 6.54 Å². The van der Waals surface area contributed by atoms with E-state index in [9.17, 15) is 5.11 Å². The molecule has 0 saturated heterocycles. The number of aliphatic hydroxyl groups excluding tert-OH is 1. The van der Waals surface area contributed by atoms with E-state index >= 15 is 0 Å². The number of hydrogen-bond donors (Lipinski definition) is 3. The molecule has 3 heterocycles. The summed E-state index contributed by atoms with van der Waals surface area (Å²) in [4.78, 5) is 13.8. The van der Waals surface area contributed by atoms with Crippen molar-refractivity contribution in [2.45, 2.75) is 46.2 Å². The second-order valence-corrected chi connectivity index (χ2v) is 8.80. The van der Waals surface area contributed by atoms with E-state index in [1.165, 1.54) is 0 Å². The molecule has 0 aliphatic heterocycles. The molecule has 0 fully saturated rings. The number of hydrogen-bond acceptors (Lipinski definition) is 7. The van der Waals surface area contributed by atoms with Gasteiger partial charge in [-0.25, -0.2) is 0 Å². The van der Waals surface area contributed by atoms with Crippen LogP contribution in [0.2, 0.25) is 0 Å². The fourth-order valence-corrected chi connectivity index (χ4v) is 3.58. The fourth-order valence-electron chi connectivity index (χ4n) is 3.58. The van der Waals surface area contributed by atoms with Crippen LogP contribution in [0.4, 0.5) is 11.9 Å². The third-order valence-corrected chi connectivity index (χ3v) is 5.70. The van der Waals surface area contributed by atoms with Gasteiger partial charge in [0.1, 0.15) is 0 Å². The van der Waals surface area contributed by atoms with Crippen LogP contribution >= 0.6 is 0 Å². The average Bonchev–Trinajstić information content (AvgIpc) is 3.26. The molecule has 33 heavy (non-hydrogen) atoms. The van der Waals surface area contributed by atoms with Gasteiger partial charge in [0.2, 0.25) is 11.9 Å². The van der Waals surface area contributed by atoms with E-state index in [1.807, 2.05) is 24.4 Å². The topological polar surface area (TPSA) is 100 Å². The molecule has 8 heteroatoms. The molecule has 3 aromatic heterocycles. The van der Waals surface area contributed by atoms with Gasteiger partial charge in [0, 0.05) is 23.9 Å². The molecule has 1 atom stereocenters. The number of aromatic nitrogens is 5. The Hall–Kier alpha value is -3.52. The summed E-state index contributed by atoms with van der Waals surface area (Å²) in [5, 5.41) is 21.0. The standard InChI is InChI=1S/C25H31N7O/c1-16(2)20-14-28-32-23(20)30-24(29-22(15-33)17(3)4)31-25(32)27-13-18-8-10-19(11-9-18)21-7-5-6-12-26-21/h5-12,14,16-17,22,33H,13,15H2,1-4H3,(H2,27,29,30,31)/t22-/m0/s1. The molecule has 1 aromatic carbocycles. The molecule has 0 spiro atoms. The Morgan fingerprint density at radius 2 is 1.79 bits per heavy atom. The summed E-state index contributed by atoms with van der Waals surface area (Å²) < 4.78 is 1.74. The van der Waals surface area contributed by atoms with Crippen molar-refractivity contribution in [1.82, 2.24) is 24.6 Å². The second kappa shape index (κ2) is 9.95. The smallest absolute Gasteiger partial charge is 0.229 e. The van der Waals surface area contributed by atoms with Crippen molar-refractivity contribution in [2.24, 2.45) is 5.92 Å². The number of aliphatic hydroxyl groups is 1. The van der Waals surface area contributed by atoms with Crippen molar-refractivity contribution in [2.75, 3.05) is 17.2 Å². The lowest BCUT2D eigenvalue weighted by molar-refractivity contribution is 0.248. The van der Waals surface area contributed by atoms with Crippen molar-refractivity contribution < 1.29 is 5.11 Å². The maximum atomic E-state index is 9.74. The zero-order valence-electron chi connectivity index (χ0n) is 19.5. The van der Waals surface area contributed by atoms with E-state index in [0.29, 0.717) is 18.4 Å². The van der Waals surface area contributed by atoms with Gasteiger partial charge in [-0.05, 0) is 29.5 Å². The molecule has 3 N–H and O–H groups in total. The van der Waals surface area contributed by atoms with Gasteiger partial charge >= 0.3 is 0 Å². The summed E-state index contributed by atoms with van der Waals surface area (Å²) in [6.07, 6.45) is 3.64. The van der Waals surface area contributed by atoms with E-state index in [2.05, 4.69) is 77.7 Å². The Balaban J connectivity index is 1.59. The van der Waals surface area contributed by atoms with Gasteiger partial charge in [-0.1, -0.05) is 58.0 Å². The minimum absolute atomic E-state index is 0.00783. The first-order valence-corrected chi connectivity index (χ1v) is 11.3. The maximum absolute atomic E-state index is 9.74. The highest BCUT2D eigenvalue weighted by Gasteiger charge is 2.18. The molecule has 0 unspecified atom stereocenters. The van der Waals surface area contributed by atoms with Gasteiger partial charge in [-0.3, -0.25) is 4.98 Å². The largest absolute Gasteiger partial charge is 0.394 e. The Morgan fingerprint density at radius 3 is 2.42 bits per heavy atom. The van der Waals surface area contributed by atoms with Crippen molar-refractivity contribution in [1.29, 1.82) is 0 Å². The zero-order valence-corrected chi connectivity index (χ0v) is 19.5. The van der Waals surface area contributed by atoms with Gasteiger partial charge in [0.15, 0.2) is 5.65 Å². The van der Waals surface area contributed by atoms with Crippen molar-refractivity contribution in [3.05, 3.63) is 66.0 Å². The number of rotatable bonds is 9. The van der Waals surface area contributed by atoms with Gasteiger partial charge in [0.25, 0.3) is 0 Å². The van der Waals surface area contributed by atoms with Gasteiger partial charge in [-0.2, -0.15) is 19.6 Å². The lowest BCUT2D eigenvalue weighted by Gasteiger charge is -2.20. The van der Waals surface area contributed by atoms with Crippen molar-refractivity contribution in [3.63, 3.8) is 0 Å². The number of nitrogens with one attached hydrogen (secondary N) is 2. The average molecular weight is 446 g/mol. The van der Waals surface area contributed by atoms with Crippen LogP contribution in [0.1, 0.15) is 44.7 Å². The molecule has 0 amide bonds. The zero-order chi connectivity index (χ0) is 23.4. The van der Waals surface area contributed by atoms with Crippen LogP contribution in [0, 0.1) is 5.92 Å². The lowest BCUT2D eigenvalue weighted by Crippen LogP contribution is -2.30. The molecule has 0 saturated carbocycles.